The summed E-state index contributed by atoms with van der Waals surface area (Å²) < 4.78 is 17.2. The fourth-order valence-electron chi connectivity index (χ4n) is 3.59. The molecule has 1 saturated heterocycles. The highest BCUT2D eigenvalue weighted by Gasteiger charge is 2.31. The Morgan fingerprint density at radius 3 is 2.82 bits per heavy atom. The van der Waals surface area contributed by atoms with Crippen molar-refractivity contribution in [2.75, 3.05) is 33.5 Å². The molecule has 0 aromatic heterocycles. The van der Waals surface area contributed by atoms with Crippen LogP contribution in [0.5, 0.6) is 11.5 Å². The molecule has 1 amide bonds. The van der Waals surface area contributed by atoms with Crippen molar-refractivity contribution in [1.29, 1.82) is 0 Å². The summed E-state index contributed by atoms with van der Waals surface area (Å²) in [5, 5.41) is 11.8. The van der Waals surface area contributed by atoms with Gasteiger partial charge in [0.15, 0.2) is 11.5 Å². The second-order valence-electron chi connectivity index (χ2n) is 7.85. The Kier molecular flexibility index (Phi) is 8.58. The van der Waals surface area contributed by atoms with Crippen LogP contribution in [0.3, 0.4) is 0 Å². The fraction of sp³-hybridized carbons (Fsp3) is 0.682. The number of rotatable bonds is 11. The van der Waals surface area contributed by atoms with E-state index in [9.17, 15) is 4.79 Å². The largest absolute Gasteiger partial charge is 0.493 e. The Hall–Kier alpha value is -1.79. The van der Waals surface area contributed by atoms with Crippen molar-refractivity contribution < 1.29 is 24.1 Å². The molecular formula is C22H35NO5. The monoisotopic (exact) mass is 393 g/mol. The maximum Gasteiger partial charge on any atom is 0.245 e. The summed E-state index contributed by atoms with van der Waals surface area (Å²) in [5.41, 5.74) is 0.990. The molecule has 2 rings (SSSR count). The van der Waals surface area contributed by atoms with Crippen LogP contribution in [-0.4, -0.2) is 50.6 Å². The number of carbonyl (C=O) groups excluding carboxylic acids is 1. The number of benzene rings is 1. The second-order valence-corrected chi connectivity index (χ2v) is 7.85. The first kappa shape index (κ1) is 22.5. The number of aliphatic hydroxyl groups excluding tert-OH is 1. The molecule has 1 aliphatic rings. The van der Waals surface area contributed by atoms with E-state index < -0.39 is 6.61 Å². The van der Waals surface area contributed by atoms with Crippen LogP contribution in [0, 0.1) is 5.41 Å². The van der Waals surface area contributed by atoms with Crippen LogP contribution in [0.2, 0.25) is 0 Å². The fourth-order valence-corrected chi connectivity index (χ4v) is 3.59. The minimum Gasteiger partial charge on any atom is -0.493 e. The van der Waals surface area contributed by atoms with Crippen LogP contribution in [0.4, 0.5) is 0 Å². The Morgan fingerprint density at radius 1 is 1.43 bits per heavy atom. The number of ether oxygens (including phenoxy) is 3. The zero-order valence-corrected chi connectivity index (χ0v) is 17.6. The summed E-state index contributed by atoms with van der Waals surface area (Å²) in [4.78, 5) is 11.5. The van der Waals surface area contributed by atoms with Crippen LogP contribution in [-0.2, 0) is 9.53 Å². The molecule has 0 spiro atoms. The average molecular weight is 394 g/mol. The zero-order valence-electron chi connectivity index (χ0n) is 17.6. The van der Waals surface area contributed by atoms with Gasteiger partial charge in [0, 0.05) is 19.6 Å². The highest BCUT2D eigenvalue weighted by atomic mass is 16.5. The lowest BCUT2D eigenvalue weighted by Gasteiger charge is -2.35. The third-order valence-electron chi connectivity index (χ3n) is 6.10. The van der Waals surface area contributed by atoms with Crippen molar-refractivity contribution in [1.82, 2.24) is 5.32 Å². The lowest BCUT2D eigenvalue weighted by Crippen LogP contribution is -2.39. The third kappa shape index (κ3) is 5.85. The Bertz CT molecular complexity index is 629. The number of amides is 1. The van der Waals surface area contributed by atoms with Crippen molar-refractivity contribution in [3.8, 4) is 11.5 Å². The number of hydrogen-bond donors (Lipinski definition) is 2. The van der Waals surface area contributed by atoms with Crippen LogP contribution in [0.1, 0.15) is 57.9 Å². The topological polar surface area (TPSA) is 77.0 Å². The van der Waals surface area contributed by atoms with Gasteiger partial charge in [0.05, 0.1) is 19.8 Å². The maximum atomic E-state index is 11.5. The van der Waals surface area contributed by atoms with Gasteiger partial charge in [-0.15, -0.1) is 0 Å². The van der Waals surface area contributed by atoms with E-state index in [-0.39, 0.29) is 17.2 Å². The summed E-state index contributed by atoms with van der Waals surface area (Å²) in [5.74, 6) is 1.29. The number of hydrogen-bond acceptors (Lipinski definition) is 5. The van der Waals surface area contributed by atoms with E-state index in [4.69, 9.17) is 19.3 Å². The van der Waals surface area contributed by atoms with Gasteiger partial charge in [0.25, 0.3) is 0 Å². The number of aliphatic hydroxyl groups is 1. The molecular weight excluding hydrogens is 358 g/mol. The highest BCUT2D eigenvalue weighted by molar-refractivity contribution is 5.76. The van der Waals surface area contributed by atoms with Gasteiger partial charge in [-0.25, -0.2) is 0 Å². The lowest BCUT2D eigenvalue weighted by molar-refractivity contribution is -0.124. The molecule has 0 saturated carbocycles. The molecule has 1 aliphatic heterocycles. The van der Waals surface area contributed by atoms with Gasteiger partial charge >= 0.3 is 0 Å². The molecule has 0 radical (unpaired) electrons. The van der Waals surface area contributed by atoms with Gasteiger partial charge in [-0.3, -0.25) is 4.79 Å². The van der Waals surface area contributed by atoms with Gasteiger partial charge < -0.3 is 24.6 Å². The number of methoxy groups -OCH3 is 1. The first-order valence-corrected chi connectivity index (χ1v) is 10.2. The third-order valence-corrected chi connectivity index (χ3v) is 6.10. The van der Waals surface area contributed by atoms with Crippen LogP contribution in [0.15, 0.2) is 18.2 Å². The van der Waals surface area contributed by atoms with E-state index >= 15 is 0 Å². The van der Waals surface area contributed by atoms with E-state index in [1.165, 1.54) is 0 Å². The summed E-state index contributed by atoms with van der Waals surface area (Å²) in [7, 11) is 1.64. The summed E-state index contributed by atoms with van der Waals surface area (Å²) in [6, 6.07) is 6.04. The average Bonchev–Trinajstić information content (AvgIpc) is 3.24. The maximum absolute atomic E-state index is 11.5. The molecule has 1 heterocycles. The Morgan fingerprint density at radius 2 is 2.21 bits per heavy atom. The predicted molar refractivity (Wildman–Crippen MR) is 109 cm³/mol. The van der Waals surface area contributed by atoms with Gasteiger partial charge in [-0.1, -0.05) is 26.8 Å². The van der Waals surface area contributed by atoms with Crippen molar-refractivity contribution in [2.45, 2.75) is 58.5 Å². The van der Waals surface area contributed by atoms with Crippen molar-refractivity contribution in [2.24, 2.45) is 5.41 Å². The number of carbonyl (C=O) groups is 1. The van der Waals surface area contributed by atoms with Gasteiger partial charge in [-0.05, 0) is 48.3 Å². The predicted octanol–water partition coefficient (Wildman–Crippen LogP) is 3.27. The molecule has 28 heavy (non-hydrogen) atoms. The summed E-state index contributed by atoms with van der Waals surface area (Å²) in [6.07, 6.45) is 4.30. The molecule has 6 nitrogen and oxygen atoms in total. The van der Waals surface area contributed by atoms with Crippen LogP contribution in [0.25, 0.3) is 0 Å². The first-order chi connectivity index (χ1) is 13.4. The molecule has 3 atom stereocenters. The second kappa shape index (κ2) is 10.7. The summed E-state index contributed by atoms with van der Waals surface area (Å²) in [6.45, 7) is 7.89. The van der Waals surface area contributed by atoms with Crippen molar-refractivity contribution >= 4 is 5.91 Å². The van der Waals surface area contributed by atoms with E-state index in [1.807, 2.05) is 12.1 Å². The first-order valence-electron chi connectivity index (χ1n) is 10.2. The Labute approximate surface area is 168 Å². The zero-order chi connectivity index (χ0) is 20.6. The molecule has 1 aromatic carbocycles. The molecule has 0 aliphatic carbocycles. The SMILES string of the molecule is CCC(C)(CNC(=O)CO)C(C)c1ccc(OC)c(OCCC2CCCO2)c1. The van der Waals surface area contributed by atoms with Gasteiger partial charge in [-0.2, -0.15) is 0 Å². The van der Waals surface area contributed by atoms with Crippen LogP contribution >= 0.6 is 0 Å². The molecule has 3 unspecified atom stereocenters. The quantitative estimate of drug-likeness (QED) is 0.603. The van der Waals surface area contributed by atoms with Gasteiger partial charge in [0.1, 0.15) is 6.61 Å². The van der Waals surface area contributed by atoms with E-state index in [1.54, 1.807) is 7.11 Å². The molecule has 1 fully saturated rings. The highest BCUT2D eigenvalue weighted by Crippen LogP contribution is 2.41. The molecule has 2 N–H and O–H groups in total. The molecule has 158 valence electrons. The lowest BCUT2D eigenvalue weighted by atomic mass is 9.72. The smallest absolute Gasteiger partial charge is 0.245 e. The normalized spacial score (nSPS) is 19.7. The van der Waals surface area contributed by atoms with Crippen LogP contribution < -0.4 is 14.8 Å². The van der Waals surface area contributed by atoms with E-state index in [0.717, 1.165) is 49.4 Å². The minimum absolute atomic E-state index is 0.144. The number of nitrogens with one attached hydrogen (secondary N) is 1. The van der Waals surface area contributed by atoms with Gasteiger partial charge in [0.2, 0.25) is 5.91 Å². The van der Waals surface area contributed by atoms with E-state index in [2.05, 4.69) is 32.2 Å². The minimum atomic E-state index is -0.487. The van der Waals surface area contributed by atoms with E-state index in [0.29, 0.717) is 19.3 Å². The molecule has 6 heteroatoms. The standard InChI is InChI=1S/C22H35NO5/c1-5-22(3,15-23-21(25)14-24)16(2)17-8-9-19(26-4)20(13-17)28-12-10-18-7-6-11-27-18/h8-9,13,16,18,24H,5-7,10-12,14-15H2,1-4H3,(H,23,25). The molecule has 1 aromatic rings. The summed E-state index contributed by atoms with van der Waals surface area (Å²) >= 11 is 0. The molecule has 0 bridgehead atoms. The van der Waals surface area contributed by atoms with Crippen molar-refractivity contribution in [3.05, 3.63) is 23.8 Å². The Balaban J connectivity index is 2.08. The van der Waals surface area contributed by atoms with Crippen molar-refractivity contribution in [3.63, 3.8) is 0 Å².